The average molecular weight is 274 g/mol. The summed E-state index contributed by atoms with van der Waals surface area (Å²) in [5, 5.41) is 0. The molecule has 0 amide bonds. The van der Waals surface area contributed by atoms with Crippen LogP contribution >= 0.6 is 0 Å². The van der Waals surface area contributed by atoms with Crippen molar-refractivity contribution in [1.29, 1.82) is 0 Å². The van der Waals surface area contributed by atoms with E-state index >= 15 is 0 Å². The Morgan fingerprint density at radius 1 is 1.16 bits per heavy atom. The molecule has 0 spiro atoms. The maximum absolute atomic E-state index is 11.9. The molecule has 0 aliphatic rings. The van der Waals surface area contributed by atoms with Crippen molar-refractivity contribution < 1.29 is 22.7 Å². The van der Waals surface area contributed by atoms with Gasteiger partial charge in [-0.2, -0.15) is 13.2 Å². The van der Waals surface area contributed by atoms with Crippen LogP contribution in [-0.4, -0.2) is 18.6 Å². The van der Waals surface area contributed by atoms with Gasteiger partial charge in [0.05, 0.1) is 6.61 Å². The van der Waals surface area contributed by atoms with Crippen molar-refractivity contribution in [1.82, 2.24) is 0 Å². The van der Waals surface area contributed by atoms with Crippen LogP contribution in [0, 0.1) is 0 Å². The first-order valence-electron chi connectivity index (χ1n) is 6.25. The highest BCUT2D eigenvalue weighted by Crippen LogP contribution is 2.19. The molecule has 0 heterocycles. The van der Waals surface area contributed by atoms with E-state index in [0.29, 0.717) is 18.8 Å². The van der Waals surface area contributed by atoms with Gasteiger partial charge in [-0.3, -0.25) is 4.79 Å². The molecular formula is C14H17F3O2. The van der Waals surface area contributed by atoms with Crippen LogP contribution in [0.25, 0.3) is 0 Å². The molecule has 0 saturated heterocycles. The Morgan fingerprint density at radius 3 is 2.32 bits per heavy atom. The van der Waals surface area contributed by atoms with E-state index in [1.54, 1.807) is 0 Å². The van der Waals surface area contributed by atoms with E-state index in [4.69, 9.17) is 4.74 Å². The first-order valence-corrected chi connectivity index (χ1v) is 6.25. The Kier molecular flexibility index (Phi) is 5.86. The number of ether oxygens (including phenoxy) is 1. The molecule has 1 aromatic carbocycles. The predicted octanol–water partition coefficient (Wildman–Crippen LogP) is 3.93. The lowest BCUT2D eigenvalue weighted by Gasteiger charge is -2.07. The maximum atomic E-state index is 11.9. The van der Waals surface area contributed by atoms with E-state index < -0.39 is 18.4 Å². The van der Waals surface area contributed by atoms with Gasteiger partial charge in [0, 0.05) is 6.42 Å². The normalized spacial score (nSPS) is 11.4. The number of carbonyl (C=O) groups is 1. The second kappa shape index (κ2) is 7.16. The average Bonchev–Trinajstić information content (AvgIpc) is 2.37. The minimum absolute atomic E-state index is 0.186. The van der Waals surface area contributed by atoms with Gasteiger partial charge in [0.1, 0.15) is 5.75 Å². The number of benzene rings is 1. The van der Waals surface area contributed by atoms with E-state index in [9.17, 15) is 18.0 Å². The Morgan fingerprint density at radius 2 is 1.79 bits per heavy atom. The van der Waals surface area contributed by atoms with Gasteiger partial charge >= 0.3 is 6.18 Å². The summed E-state index contributed by atoms with van der Waals surface area (Å²) in [6.07, 6.45) is -3.62. The Hall–Kier alpha value is -1.52. The molecule has 0 bridgehead atoms. The minimum Gasteiger partial charge on any atom is -0.494 e. The van der Waals surface area contributed by atoms with Crippen molar-refractivity contribution in [2.24, 2.45) is 0 Å². The van der Waals surface area contributed by atoms with Crippen LogP contribution in [0.3, 0.4) is 0 Å². The molecule has 5 heteroatoms. The molecule has 19 heavy (non-hydrogen) atoms. The van der Waals surface area contributed by atoms with E-state index in [2.05, 4.69) is 0 Å². The highest BCUT2D eigenvalue weighted by atomic mass is 19.4. The summed E-state index contributed by atoms with van der Waals surface area (Å²) >= 11 is 0. The van der Waals surface area contributed by atoms with Crippen LogP contribution in [0.2, 0.25) is 0 Å². The molecule has 0 aromatic heterocycles. The molecule has 1 rings (SSSR count). The summed E-state index contributed by atoms with van der Waals surface area (Å²) in [5.74, 6) is -0.973. The lowest BCUT2D eigenvalue weighted by atomic mass is 10.1. The lowest BCUT2D eigenvalue weighted by Crippen LogP contribution is -2.22. The molecule has 106 valence electrons. The van der Waals surface area contributed by atoms with Gasteiger partial charge in [0.25, 0.3) is 0 Å². The number of unbranched alkanes of at least 4 members (excludes halogenated alkanes) is 1. The third kappa shape index (κ3) is 5.77. The van der Waals surface area contributed by atoms with Gasteiger partial charge in [0.2, 0.25) is 5.78 Å². The first kappa shape index (κ1) is 15.5. The summed E-state index contributed by atoms with van der Waals surface area (Å²) in [5.41, 5.74) is 1.20. The zero-order valence-electron chi connectivity index (χ0n) is 10.8. The van der Waals surface area contributed by atoms with Gasteiger partial charge in [-0.05, 0) is 37.0 Å². The third-order valence-corrected chi connectivity index (χ3v) is 2.71. The molecular weight excluding hydrogens is 257 g/mol. The highest BCUT2D eigenvalue weighted by Gasteiger charge is 2.36. The molecule has 0 atom stereocenters. The molecule has 0 aliphatic carbocycles. The standard InChI is InChI=1S/C14H17F3O2/c1-2-11-6-8-12(9-7-11)19-10-4-3-5-13(18)14(15,16)17/h6-9H,2-5,10H2,1H3. The van der Waals surface area contributed by atoms with Crippen molar-refractivity contribution in [3.05, 3.63) is 29.8 Å². The van der Waals surface area contributed by atoms with Gasteiger partial charge in [-0.1, -0.05) is 19.1 Å². The number of ketones is 1. The molecule has 0 radical (unpaired) electrons. The van der Waals surface area contributed by atoms with Crippen LogP contribution in [0.15, 0.2) is 24.3 Å². The quantitative estimate of drug-likeness (QED) is 0.704. The second-order valence-electron chi connectivity index (χ2n) is 4.22. The SMILES string of the molecule is CCc1ccc(OCCCCC(=O)C(F)(F)F)cc1. The Labute approximate surface area is 110 Å². The Bertz CT molecular complexity index is 396. The van der Waals surface area contributed by atoms with Crippen LogP contribution < -0.4 is 4.74 Å². The fraction of sp³-hybridized carbons (Fsp3) is 0.500. The molecule has 2 nitrogen and oxygen atoms in total. The van der Waals surface area contributed by atoms with Crippen LogP contribution in [0.4, 0.5) is 13.2 Å². The van der Waals surface area contributed by atoms with Gasteiger partial charge in [-0.15, -0.1) is 0 Å². The van der Waals surface area contributed by atoms with E-state index in [1.807, 2.05) is 31.2 Å². The number of rotatable bonds is 7. The zero-order valence-corrected chi connectivity index (χ0v) is 10.8. The number of alkyl halides is 3. The third-order valence-electron chi connectivity index (χ3n) is 2.71. The fourth-order valence-electron chi connectivity index (χ4n) is 1.54. The predicted molar refractivity (Wildman–Crippen MR) is 66.2 cm³/mol. The zero-order chi connectivity index (χ0) is 14.3. The highest BCUT2D eigenvalue weighted by molar-refractivity contribution is 5.83. The van der Waals surface area contributed by atoms with Crippen LogP contribution in [0.5, 0.6) is 5.75 Å². The van der Waals surface area contributed by atoms with Crippen molar-refractivity contribution in [2.45, 2.75) is 38.8 Å². The van der Waals surface area contributed by atoms with Crippen molar-refractivity contribution >= 4 is 5.78 Å². The summed E-state index contributed by atoms with van der Waals surface area (Å²) in [6.45, 7) is 2.37. The largest absolute Gasteiger partial charge is 0.494 e. The smallest absolute Gasteiger partial charge is 0.449 e. The molecule has 0 N–H and O–H groups in total. The van der Waals surface area contributed by atoms with Gasteiger partial charge in [-0.25, -0.2) is 0 Å². The van der Waals surface area contributed by atoms with Crippen LogP contribution in [0.1, 0.15) is 31.7 Å². The number of hydrogen-bond donors (Lipinski definition) is 0. The number of carbonyl (C=O) groups excluding carboxylic acids is 1. The summed E-state index contributed by atoms with van der Waals surface area (Å²) in [4.78, 5) is 10.6. The molecule has 0 aliphatic heterocycles. The monoisotopic (exact) mass is 274 g/mol. The van der Waals surface area contributed by atoms with Crippen molar-refractivity contribution in [3.8, 4) is 5.75 Å². The van der Waals surface area contributed by atoms with Crippen molar-refractivity contribution in [2.75, 3.05) is 6.61 Å². The van der Waals surface area contributed by atoms with E-state index in [0.717, 1.165) is 6.42 Å². The Balaban J connectivity index is 2.18. The lowest BCUT2D eigenvalue weighted by molar-refractivity contribution is -0.171. The molecule has 0 unspecified atom stereocenters. The summed E-state index contributed by atoms with van der Waals surface area (Å²) < 4.78 is 41.1. The number of halogens is 3. The fourth-order valence-corrected chi connectivity index (χ4v) is 1.54. The van der Waals surface area contributed by atoms with Gasteiger partial charge < -0.3 is 4.74 Å². The topological polar surface area (TPSA) is 26.3 Å². The minimum atomic E-state index is -4.71. The molecule has 0 fully saturated rings. The summed E-state index contributed by atoms with van der Waals surface area (Å²) in [7, 11) is 0. The molecule has 1 aromatic rings. The number of hydrogen-bond acceptors (Lipinski definition) is 2. The first-order chi connectivity index (χ1) is 8.93. The van der Waals surface area contributed by atoms with E-state index in [-0.39, 0.29) is 6.42 Å². The maximum Gasteiger partial charge on any atom is 0.449 e. The number of aryl methyl sites for hydroxylation is 1. The molecule has 0 saturated carbocycles. The second-order valence-corrected chi connectivity index (χ2v) is 4.22. The van der Waals surface area contributed by atoms with E-state index in [1.165, 1.54) is 5.56 Å². The van der Waals surface area contributed by atoms with Gasteiger partial charge in [0.15, 0.2) is 0 Å². The number of Topliss-reactive ketones (excluding diaryl/α,β-unsaturated/α-hetero) is 1. The van der Waals surface area contributed by atoms with Crippen LogP contribution in [-0.2, 0) is 11.2 Å². The summed E-state index contributed by atoms with van der Waals surface area (Å²) in [6, 6.07) is 7.56. The van der Waals surface area contributed by atoms with Crippen molar-refractivity contribution in [3.63, 3.8) is 0 Å².